The predicted octanol–water partition coefficient (Wildman–Crippen LogP) is 5.14. The summed E-state index contributed by atoms with van der Waals surface area (Å²) < 4.78 is 25.8. The average Bonchev–Trinajstić information content (AvgIpc) is 3.27. The van der Waals surface area contributed by atoms with Crippen molar-refractivity contribution in [2.75, 3.05) is 36.9 Å². The number of rotatable bonds is 12. The molecule has 0 saturated carbocycles. The van der Waals surface area contributed by atoms with E-state index in [1.807, 2.05) is 35.2 Å². The third kappa shape index (κ3) is 6.92. The Hall–Kier alpha value is -4.14. The predicted molar refractivity (Wildman–Crippen MR) is 133 cm³/mol. The highest BCUT2D eigenvalue weighted by molar-refractivity contribution is 5.78. The zero-order valence-corrected chi connectivity index (χ0v) is 19.4. The number of aromatic nitrogens is 2. The number of benzene rings is 2. The molecule has 1 fully saturated rings. The monoisotopic (exact) mass is 477 g/mol. The molecule has 1 aromatic heterocycles. The number of hydrogen-bond donors (Lipinski definition) is 2. The number of likely N-dealkylation sites (tertiary alicyclic amines) is 1. The third-order valence-corrected chi connectivity index (χ3v) is 5.31. The summed E-state index contributed by atoms with van der Waals surface area (Å²) in [6.45, 7) is 6.31. The molecule has 0 atom stereocenters. The van der Waals surface area contributed by atoms with E-state index in [0.29, 0.717) is 43.3 Å². The van der Waals surface area contributed by atoms with Gasteiger partial charge in [-0.2, -0.15) is 9.37 Å². The van der Waals surface area contributed by atoms with Crippen molar-refractivity contribution in [2.45, 2.75) is 19.3 Å². The van der Waals surface area contributed by atoms with Crippen LogP contribution in [-0.4, -0.2) is 47.0 Å². The molecule has 9 heteroatoms. The molecular weight excluding hydrogens is 449 g/mol. The Morgan fingerprint density at radius 3 is 2.74 bits per heavy atom. The van der Waals surface area contributed by atoms with Gasteiger partial charge >= 0.3 is 0 Å². The summed E-state index contributed by atoms with van der Waals surface area (Å²) in [5, 5.41) is 6.21. The fourth-order valence-corrected chi connectivity index (χ4v) is 3.63. The summed E-state index contributed by atoms with van der Waals surface area (Å²) in [7, 11) is 0. The van der Waals surface area contributed by atoms with Crippen LogP contribution >= 0.6 is 0 Å². The molecular formula is C26H28FN5O3. The zero-order chi connectivity index (χ0) is 24.5. The van der Waals surface area contributed by atoms with Gasteiger partial charge in [0.05, 0.1) is 12.8 Å². The second kappa shape index (κ2) is 11.8. The van der Waals surface area contributed by atoms with Crippen LogP contribution in [-0.2, 0) is 4.79 Å². The van der Waals surface area contributed by atoms with Crippen LogP contribution in [0.2, 0.25) is 0 Å². The van der Waals surface area contributed by atoms with Gasteiger partial charge in [-0.15, -0.1) is 6.58 Å². The van der Waals surface area contributed by atoms with E-state index in [1.54, 1.807) is 24.3 Å². The van der Waals surface area contributed by atoms with Gasteiger partial charge in [0, 0.05) is 49.6 Å². The SMILES string of the molecule is C=CCNc1cccc(Oc2nc(Nc3cccc(OCCCN4CCCC4=O)c3)ncc2F)c1. The van der Waals surface area contributed by atoms with Crippen LogP contribution in [0.15, 0.2) is 67.4 Å². The van der Waals surface area contributed by atoms with E-state index >= 15 is 0 Å². The summed E-state index contributed by atoms with van der Waals surface area (Å²) in [6.07, 6.45) is 5.14. The second-order valence-electron chi connectivity index (χ2n) is 7.99. The van der Waals surface area contributed by atoms with Gasteiger partial charge in [0.15, 0.2) is 0 Å². The van der Waals surface area contributed by atoms with Crippen molar-refractivity contribution in [1.29, 1.82) is 0 Å². The minimum Gasteiger partial charge on any atom is -0.493 e. The smallest absolute Gasteiger partial charge is 0.260 e. The molecule has 2 N–H and O–H groups in total. The molecule has 8 nitrogen and oxygen atoms in total. The Balaban J connectivity index is 1.35. The highest BCUT2D eigenvalue weighted by atomic mass is 19.1. The van der Waals surface area contributed by atoms with E-state index in [-0.39, 0.29) is 17.7 Å². The molecule has 2 aromatic carbocycles. The molecule has 1 aliphatic rings. The molecule has 0 radical (unpaired) electrons. The molecule has 4 rings (SSSR count). The molecule has 1 amide bonds. The van der Waals surface area contributed by atoms with Crippen molar-refractivity contribution in [1.82, 2.24) is 14.9 Å². The van der Waals surface area contributed by atoms with Crippen LogP contribution < -0.4 is 20.1 Å². The Bertz CT molecular complexity index is 1170. The standard InChI is InChI=1S/C26H28FN5O3/c1-2-12-28-19-7-3-10-22(16-19)35-25-23(27)18-29-26(31-25)30-20-8-4-9-21(17-20)34-15-6-14-32-13-5-11-24(32)33/h2-4,7-10,16-18,28H,1,5-6,11-15H2,(H,29,30,31). The minimum atomic E-state index is -0.673. The van der Waals surface area contributed by atoms with E-state index in [1.165, 1.54) is 0 Å². The highest BCUT2D eigenvalue weighted by Gasteiger charge is 2.19. The summed E-state index contributed by atoms with van der Waals surface area (Å²) in [6, 6.07) is 14.5. The molecule has 2 heterocycles. The quantitative estimate of drug-likeness (QED) is 0.276. The molecule has 0 spiro atoms. The van der Waals surface area contributed by atoms with Gasteiger partial charge in [-0.25, -0.2) is 4.98 Å². The number of nitrogens with one attached hydrogen (secondary N) is 2. The average molecular weight is 478 g/mol. The first-order valence-corrected chi connectivity index (χ1v) is 11.5. The van der Waals surface area contributed by atoms with Crippen LogP contribution in [0.4, 0.5) is 21.7 Å². The van der Waals surface area contributed by atoms with Gasteiger partial charge < -0.3 is 25.0 Å². The molecule has 182 valence electrons. The lowest BCUT2D eigenvalue weighted by Crippen LogP contribution is -2.26. The molecule has 1 saturated heterocycles. The number of anilines is 3. The molecule has 0 aliphatic carbocycles. The van der Waals surface area contributed by atoms with Crippen molar-refractivity contribution in [3.63, 3.8) is 0 Å². The Morgan fingerprint density at radius 2 is 1.94 bits per heavy atom. The maximum atomic E-state index is 14.3. The van der Waals surface area contributed by atoms with Crippen LogP contribution in [0.1, 0.15) is 19.3 Å². The lowest BCUT2D eigenvalue weighted by molar-refractivity contribution is -0.127. The van der Waals surface area contributed by atoms with Gasteiger partial charge in [-0.1, -0.05) is 18.2 Å². The number of hydrogen-bond acceptors (Lipinski definition) is 7. The summed E-state index contributed by atoms with van der Waals surface area (Å²) in [5.41, 5.74) is 1.50. The third-order valence-electron chi connectivity index (χ3n) is 5.31. The second-order valence-corrected chi connectivity index (χ2v) is 7.99. The Kier molecular flexibility index (Phi) is 8.11. The van der Waals surface area contributed by atoms with Gasteiger partial charge in [0.25, 0.3) is 5.88 Å². The Morgan fingerprint density at radius 1 is 1.14 bits per heavy atom. The van der Waals surface area contributed by atoms with Crippen molar-refractivity contribution >= 4 is 23.2 Å². The van der Waals surface area contributed by atoms with Crippen molar-refractivity contribution < 1.29 is 18.7 Å². The number of nitrogens with zero attached hydrogens (tertiary/aromatic N) is 3. The van der Waals surface area contributed by atoms with Crippen LogP contribution in [0.3, 0.4) is 0 Å². The lowest BCUT2D eigenvalue weighted by Gasteiger charge is -2.15. The fourth-order valence-electron chi connectivity index (χ4n) is 3.63. The maximum absolute atomic E-state index is 14.3. The summed E-state index contributed by atoms with van der Waals surface area (Å²) in [5.74, 6) is 0.655. The normalized spacial score (nSPS) is 12.9. The topological polar surface area (TPSA) is 88.6 Å². The van der Waals surface area contributed by atoms with Crippen molar-refractivity contribution in [3.05, 3.63) is 73.2 Å². The van der Waals surface area contributed by atoms with Gasteiger partial charge in [0.2, 0.25) is 17.7 Å². The number of carbonyl (C=O) groups excluding carboxylic acids is 1. The van der Waals surface area contributed by atoms with Gasteiger partial charge in [-0.05, 0) is 37.1 Å². The molecule has 1 aliphatic heterocycles. The number of amides is 1. The molecule has 0 unspecified atom stereocenters. The number of halogens is 1. The molecule has 0 bridgehead atoms. The first-order valence-electron chi connectivity index (χ1n) is 11.5. The molecule has 35 heavy (non-hydrogen) atoms. The van der Waals surface area contributed by atoms with E-state index < -0.39 is 5.82 Å². The van der Waals surface area contributed by atoms with Crippen molar-refractivity contribution in [3.8, 4) is 17.4 Å². The number of carbonyl (C=O) groups is 1. The van der Waals surface area contributed by atoms with Crippen molar-refractivity contribution in [2.24, 2.45) is 0 Å². The van der Waals surface area contributed by atoms with Gasteiger partial charge in [0.1, 0.15) is 11.5 Å². The largest absolute Gasteiger partial charge is 0.493 e. The minimum absolute atomic E-state index is 0.187. The first-order chi connectivity index (χ1) is 17.1. The van der Waals surface area contributed by atoms with Crippen LogP contribution in [0.25, 0.3) is 0 Å². The zero-order valence-electron chi connectivity index (χ0n) is 19.4. The number of ether oxygens (including phenoxy) is 2. The van der Waals surface area contributed by atoms with E-state index in [4.69, 9.17) is 9.47 Å². The summed E-state index contributed by atoms with van der Waals surface area (Å²) in [4.78, 5) is 21.7. The highest BCUT2D eigenvalue weighted by Crippen LogP contribution is 2.27. The lowest BCUT2D eigenvalue weighted by atomic mass is 10.3. The van der Waals surface area contributed by atoms with Crippen LogP contribution in [0, 0.1) is 5.82 Å². The van der Waals surface area contributed by atoms with Gasteiger partial charge in [-0.3, -0.25) is 4.79 Å². The summed E-state index contributed by atoms with van der Waals surface area (Å²) >= 11 is 0. The van der Waals surface area contributed by atoms with E-state index in [0.717, 1.165) is 31.3 Å². The molecule has 3 aromatic rings. The van der Waals surface area contributed by atoms with E-state index in [9.17, 15) is 9.18 Å². The Labute approximate surface area is 203 Å². The first kappa shape index (κ1) is 24.0. The fraction of sp³-hybridized carbons (Fsp3) is 0.269. The maximum Gasteiger partial charge on any atom is 0.260 e. The van der Waals surface area contributed by atoms with Crippen LogP contribution in [0.5, 0.6) is 17.4 Å². The van der Waals surface area contributed by atoms with E-state index in [2.05, 4.69) is 27.2 Å².